The third kappa shape index (κ3) is 4.18. The number of rotatable bonds is 6. The number of nitrogens with zero attached hydrogens (tertiary/aromatic N) is 3. The standard InChI is InChI=1S/C21H23N3O4S/c1-2-27-17-7-9-19(10-8-17)29(25,26)24-13-11-18(12-14-24)28-21-20-6-4-3-5-16(20)15-22-23-21/h3-10,15,18H,2,11-14H2,1H3. The lowest BCUT2D eigenvalue weighted by Crippen LogP contribution is -2.41. The van der Waals surface area contributed by atoms with Gasteiger partial charge in [0.25, 0.3) is 0 Å². The first-order chi connectivity index (χ1) is 14.1. The molecule has 7 nitrogen and oxygen atoms in total. The maximum Gasteiger partial charge on any atom is 0.243 e. The van der Waals surface area contributed by atoms with Gasteiger partial charge in [0.05, 0.1) is 17.7 Å². The van der Waals surface area contributed by atoms with E-state index in [4.69, 9.17) is 9.47 Å². The second kappa shape index (κ2) is 8.34. The summed E-state index contributed by atoms with van der Waals surface area (Å²) in [5.74, 6) is 1.16. The summed E-state index contributed by atoms with van der Waals surface area (Å²) < 4.78 is 38.8. The fourth-order valence-electron chi connectivity index (χ4n) is 3.46. The van der Waals surface area contributed by atoms with Gasteiger partial charge in [0.15, 0.2) is 0 Å². The lowest BCUT2D eigenvalue weighted by molar-refractivity contribution is 0.130. The highest BCUT2D eigenvalue weighted by molar-refractivity contribution is 7.89. The van der Waals surface area contributed by atoms with Crippen molar-refractivity contribution >= 4 is 20.8 Å². The fourth-order valence-corrected chi connectivity index (χ4v) is 4.93. The molecule has 8 heteroatoms. The SMILES string of the molecule is CCOc1ccc(S(=O)(=O)N2CCC(Oc3nncc4ccccc34)CC2)cc1. The maximum atomic E-state index is 12.9. The van der Waals surface area contributed by atoms with Crippen LogP contribution in [0.4, 0.5) is 0 Å². The number of ether oxygens (including phenoxy) is 2. The zero-order valence-corrected chi connectivity index (χ0v) is 17.0. The number of sulfonamides is 1. The zero-order chi connectivity index (χ0) is 20.3. The van der Waals surface area contributed by atoms with Crippen molar-refractivity contribution < 1.29 is 17.9 Å². The van der Waals surface area contributed by atoms with Crippen molar-refractivity contribution in [3.05, 3.63) is 54.7 Å². The number of aromatic nitrogens is 2. The molecule has 0 spiro atoms. The van der Waals surface area contributed by atoms with Gasteiger partial charge in [-0.1, -0.05) is 18.2 Å². The molecule has 152 valence electrons. The van der Waals surface area contributed by atoms with E-state index in [2.05, 4.69) is 10.2 Å². The molecule has 0 N–H and O–H groups in total. The Labute approximate surface area is 170 Å². The summed E-state index contributed by atoms with van der Waals surface area (Å²) in [6.45, 7) is 3.23. The first kappa shape index (κ1) is 19.6. The largest absolute Gasteiger partial charge is 0.494 e. The first-order valence-corrected chi connectivity index (χ1v) is 11.1. The van der Waals surface area contributed by atoms with E-state index in [1.54, 1.807) is 30.5 Å². The predicted molar refractivity (Wildman–Crippen MR) is 110 cm³/mol. The van der Waals surface area contributed by atoms with Crippen LogP contribution in [0.1, 0.15) is 19.8 Å². The molecule has 0 unspecified atom stereocenters. The van der Waals surface area contributed by atoms with E-state index >= 15 is 0 Å². The summed E-state index contributed by atoms with van der Waals surface area (Å²) in [6.07, 6.45) is 2.80. The van der Waals surface area contributed by atoms with E-state index in [0.717, 1.165) is 10.8 Å². The minimum Gasteiger partial charge on any atom is -0.494 e. The fraction of sp³-hybridized carbons (Fsp3) is 0.333. The van der Waals surface area contributed by atoms with Gasteiger partial charge in [-0.25, -0.2) is 8.42 Å². The van der Waals surface area contributed by atoms with E-state index in [1.807, 2.05) is 31.2 Å². The van der Waals surface area contributed by atoms with Crippen LogP contribution in [0.3, 0.4) is 0 Å². The third-order valence-corrected chi connectivity index (χ3v) is 6.90. The van der Waals surface area contributed by atoms with Crippen LogP contribution in [0.15, 0.2) is 59.6 Å². The Morgan fingerprint density at radius 3 is 2.52 bits per heavy atom. The van der Waals surface area contributed by atoms with E-state index in [0.29, 0.717) is 44.2 Å². The number of piperidine rings is 1. The molecule has 29 heavy (non-hydrogen) atoms. The molecule has 1 saturated heterocycles. The molecule has 0 atom stereocenters. The Balaban J connectivity index is 1.42. The van der Waals surface area contributed by atoms with Crippen molar-refractivity contribution in [1.29, 1.82) is 0 Å². The van der Waals surface area contributed by atoms with Crippen LogP contribution in [-0.2, 0) is 10.0 Å². The van der Waals surface area contributed by atoms with Gasteiger partial charge in [0.1, 0.15) is 11.9 Å². The second-order valence-electron chi connectivity index (χ2n) is 6.86. The van der Waals surface area contributed by atoms with Crippen LogP contribution in [0, 0.1) is 0 Å². The molecule has 1 fully saturated rings. The van der Waals surface area contributed by atoms with Crippen LogP contribution in [0.2, 0.25) is 0 Å². The van der Waals surface area contributed by atoms with Crippen LogP contribution in [0.25, 0.3) is 10.8 Å². The first-order valence-electron chi connectivity index (χ1n) is 9.68. The zero-order valence-electron chi connectivity index (χ0n) is 16.2. The van der Waals surface area contributed by atoms with E-state index in [9.17, 15) is 8.42 Å². The van der Waals surface area contributed by atoms with Crippen molar-refractivity contribution in [2.24, 2.45) is 0 Å². The molecule has 0 saturated carbocycles. The van der Waals surface area contributed by atoms with E-state index in [-0.39, 0.29) is 11.0 Å². The van der Waals surface area contributed by atoms with Gasteiger partial charge in [0, 0.05) is 23.9 Å². The molecule has 1 aliphatic heterocycles. The predicted octanol–water partition coefficient (Wildman–Crippen LogP) is 3.26. The highest BCUT2D eigenvalue weighted by Gasteiger charge is 2.30. The topological polar surface area (TPSA) is 81.6 Å². The van der Waals surface area contributed by atoms with Crippen molar-refractivity contribution in [1.82, 2.24) is 14.5 Å². The second-order valence-corrected chi connectivity index (χ2v) is 8.80. The molecule has 0 radical (unpaired) electrons. The minimum atomic E-state index is -3.53. The molecule has 4 rings (SSSR count). The summed E-state index contributed by atoms with van der Waals surface area (Å²) in [6, 6.07) is 14.3. The van der Waals surface area contributed by atoms with Crippen LogP contribution < -0.4 is 9.47 Å². The Bertz CT molecular complexity index is 1070. The highest BCUT2D eigenvalue weighted by Crippen LogP contribution is 2.27. The van der Waals surface area contributed by atoms with Gasteiger partial charge < -0.3 is 9.47 Å². The smallest absolute Gasteiger partial charge is 0.243 e. The molecule has 0 aliphatic carbocycles. The molecular weight excluding hydrogens is 390 g/mol. The monoisotopic (exact) mass is 413 g/mol. The normalized spacial score (nSPS) is 16.0. The van der Waals surface area contributed by atoms with E-state index in [1.165, 1.54) is 4.31 Å². The summed E-state index contributed by atoms with van der Waals surface area (Å²) in [5, 5.41) is 10.00. The highest BCUT2D eigenvalue weighted by atomic mass is 32.2. The number of hydrogen-bond donors (Lipinski definition) is 0. The Hall–Kier alpha value is -2.71. The molecule has 1 aliphatic rings. The molecule has 2 heterocycles. The molecule has 1 aromatic heterocycles. The lowest BCUT2D eigenvalue weighted by Gasteiger charge is -2.31. The Morgan fingerprint density at radius 2 is 1.79 bits per heavy atom. The lowest BCUT2D eigenvalue weighted by atomic mass is 10.1. The quantitative estimate of drug-likeness (QED) is 0.617. The average molecular weight is 413 g/mol. The average Bonchev–Trinajstić information content (AvgIpc) is 2.75. The van der Waals surface area contributed by atoms with Gasteiger partial charge in [0.2, 0.25) is 15.9 Å². The van der Waals surface area contributed by atoms with Crippen molar-refractivity contribution in [3.63, 3.8) is 0 Å². The number of hydrogen-bond acceptors (Lipinski definition) is 6. The number of benzene rings is 2. The summed E-state index contributed by atoms with van der Waals surface area (Å²) in [4.78, 5) is 0.278. The van der Waals surface area contributed by atoms with Crippen molar-refractivity contribution in [2.45, 2.75) is 30.8 Å². The molecule has 3 aromatic rings. The van der Waals surface area contributed by atoms with Gasteiger partial charge in [-0.3, -0.25) is 0 Å². The Morgan fingerprint density at radius 1 is 1.07 bits per heavy atom. The maximum absolute atomic E-state index is 12.9. The van der Waals surface area contributed by atoms with Crippen LogP contribution in [0.5, 0.6) is 11.6 Å². The van der Waals surface area contributed by atoms with E-state index < -0.39 is 10.0 Å². The van der Waals surface area contributed by atoms with Crippen LogP contribution in [-0.4, -0.2) is 48.7 Å². The summed E-state index contributed by atoms with van der Waals surface area (Å²) in [5.41, 5.74) is 0. The van der Waals surface area contributed by atoms with Crippen LogP contribution >= 0.6 is 0 Å². The molecule has 0 amide bonds. The van der Waals surface area contributed by atoms with Gasteiger partial charge >= 0.3 is 0 Å². The molecule has 2 aromatic carbocycles. The van der Waals surface area contributed by atoms with Gasteiger partial charge in [-0.2, -0.15) is 9.40 Å². The molecular formula is C21H23N3O4S. The van der Waals surface area contributed by atoms with Crippen molar-refractivity contribution in [3.8, 4) is 11.6 Å². The molecule has 0 bridgehead atoms. The third-order valence-electron chi connectivity index (χ3n) is 4.99. The summed E-state index contributed by atoms with van der Waals surface area (Å²) in [7, 11) is -3.53. The van der Waals surface area contributed by atoms with Gasteiger partial charge in [-0.15, -0.1) is 5.10 Å². The minimum absolute atomic E-state index is 0.0955. The van der Waals surface area contributed by atoms with Gasteiger partial charge in [-0.05, 0) is 50.1 Å². The Kier molecular flexibility index (Phi) is 5.64. The number of fused-ring (bicyclic) bond motifs is 1. The van der Waals surface area contributed by atoms with Crippen molar-refractivity contribution in [2.75, 3.05) is 19.7 Å². The summed E-state index contributed by atoms with van der Waals surface area (Å²) >= 11 is 0.